The van der Waals surface area contributed by atoms with Crippen LogP contribution >= 0.6 is 11.6 Å². The number of likely N-dealkylation sites (tertiary alicyclic amines) is 1. The van der Waals surface area contributed by atoms with Crippen LogP contribution in [0.15, 0.2) is 24.3 Å². The third-order valence-electron chi connectivity index (χ3n) is 4.10. The van der Waals surface area contributed by atoms with Gasteiger partial charge in [0, 0.05) is 30.3 Å². The van der Waals surface area contributed by atoms with Gasteiger partial charge in [-0.05, 0) is 48.6 Å². The lowest BCUT2D eigenvalue weighted by atomic mass is 9.80. The largest absolute Gasteiger partial charge is 0.384 e. The van der Waals surface area contributed by atoms with Crippen LogP contribution in [0.3, 0.4) is 0 Å². The van der Waals surface area contributed by atoms with Crippen molar-refractivity contribution < 1.29 is 0 Å². The van der Waals surface area contributed by atoms with E-state index in [9.17, 15) is 0 Å². The van der Waals surface area contributed by atoms with Gasteiger partial charge in [-0.2, -0.15) is 0 Å². The highest BCUT2D eigenvalue weighted by Crippen LogP contribution is 2.33. The lowest BCUT2D eigenvalue weighted by Crippen LogP contribution is -2.29. The van der Waals surface area contributed by atoms with Crippen molar-refractivity contribution in [2.24, 2.45) is 11.3 Å². The van der Waals surface area contributed by atoms with Gasteiger partial charge in [-0.3, -0.25) is 0 Å². The highest BCUT2D eigenvalue weighted by Gasteiger charge is 2.31. The zero-order chi connectivity index (χ0) is 13.9. The zero-order valence-corrected chi connectivity index (χ0v) is 13.0. The van der Waals surface area contributed by atoms with E-state index in [0.29, 0.717) is 5.41 Å². The van der Waals surface area contributed by atoms with Gasteiger partial charge in [0.05, 0.1) is 0 Å². The minimum absolute atomic E-state index is 0.443. The number of hydrogen-bond acceptors (Lipinski definition) is 2. The Bertz CT molecular complexity index is 394. The summed E-state index contributed by atoms with van der Waals surface area (Å²) in [5.74, 6) is 0.836. The predicted molar refractivity (Wildman–Crippen MR) is 83.9 cm³/mol. The first kappa shape index (κ1) is 14.7. The fourth-order valence-corrected chi connectivity index (χ4v) is 2.79. The number of nitrogens with zero attached hydrogens (tertiary/aromatic N) is 1. The second-order valence-electron chi connectivity index (χ2n) is 6.59. The number of hydrogen-bond donors (Lipinski definition) is 1. The van der Waals surface area contributed by atoms with Crippen molar-refractivity contribution in [3.63, 3.8) is 0 Å². The van der Waals surface area contributed by atoms with Crippen LogP contribution in [0.5, 0.6) is 0 Å². The Labute approximate surface area is 122 Å². The maximum Gasteiger partial charge on any atom is 0.0407 e. The second-order valence-corrected chi connectivity index (χ2v) is 7.02. The van der Waals surface area contributed by atoms with Gasteiger partial charge in [-0.25, -0.2) is 0 Å². The minimum Gasteiger partial charge on any atom is -0.384 e. The number of anilines is 1. The van der Waals surface area contributed by atoms with E-state index in [-0.39, 0.29) is 0 Å². The molecule has 0 aromatic heterocycles. The van der Waals surface area contributed by atoms with E-state index in [2.05, 4.69) is 31.0 Å². The highest BCUT2D eigenvalue weighted by molar-refractivity contribution is 6.30. The summed E-state index contributed by atoms with van der Waals surface area (Å²) in [6.45, 7) is 11.7. The quantitative estimate of drug-likeness (QED) is 0.892. The standard InChI is InChI=1S/C16H25ClN2/c1-16(2,3)13-8-10-19(12-13)11-9-18-15-6-4-14(17)5-7-15/h4-7,13,18H,8-12H2,1-3H3. The van der Waals surface area contributed by atoms with Crippen molar-refractivity contribution in [3.8, 4) is 0 Å². The average Bonchev–Trinajstić information content (AvgIpc) is 2.80. The molecule has 1 unspecified atom stereocenters. The summed E-state index contributed by atoms with van der Waals surface area (Å²) in [6.07, 6.45) is 1.34. The molecule has 0 bridgehead atoms. The molecule has 0 aliphatic carbocycles. The lowest BCUT2D eigenvalue weighted by Gasteiger charge is -2.27. The molecule has 1 aliphatic heterocycles. The van der Waals surface area contributed by atoms with Crippen LogP contribution < -0.4 is 5.32 Å². The van der Waals surface area contributed by atoms with Gasteiger partial charge < -0.3 is 10.2 Å². The summed E-state index contributed by atoms with van der Waals surface area (Å²) in [6, 6.07) is 7.92. The molecule has 1 aliphatic rings. The first-order chi connectivity index (χ1) is 8.95. The van der Waals surface area contributed by atoms with E-state index in [1.54, 1.807) is 0 Å². The molecule has 0 amide bonds. The summed E-state index contributed by atoms with van der Waals surface area (Å²) in [5.41, 5.74) is 1.59. The molecule has 1 fully saturated rings. The molecule has 19 heavy (non-hydrogen) atoms. The molecule has 0 spiro atoms. The van der Waals surface area contributed by atoms with E-state index < -0.39 is 0 Å². The van der Waals surface area contributed by atoms with Gasteiger partial charge in [-0.15, -0.1) is 0 Å². The van der Waals surface area contributed by atoms with Crippen molar-refractivity contribution in [2.45, 2.75) is 27.2 Å². The van der Waals surface area contributed by atoms with Crippen LogP contribution in [-0.4, -0.2) is 31.1 Å². The predicted octanol–water partition coefficient (Wildman–Crippen LogP) is 4.12. The Morgan fingerprint density at radius 1 is 1.26 bits per heavy atom. The molecular formula is C16H25ClN2. The fourth-order valence-electron chi connectivity index (χ4n) is 2.67. The van der Waals surface area contributed by atoms with E-state index in [0.717, 1.165) is 29.7 Å². The van der Waals surface area contributed by atoms with Crippen molar-refractivity contribution in [1.29, 1.82) is 0 Å². The fraction of sp³-hybridized carbons (Fsp3) is 0.625. The maximum absolute atomic E-state index is 5.87. The summed E-state index contributed by atoms with van der Waals surface area (Å²) < 4.78 is 0. The maximum atomic E-state index is 5.87. The molecule has 2 nitrogen and oxygen atoms in total. The first-order valence-corrected chi connectivity index (χ1v) is 7.55. The highest BCUT2D eigenvalue weighted by atomic mass is 35.5. The van der Waals surface area contributed by atoms with Crippen LogP contribution in [0.1, 0.15) is 27.2 Å². The Hall–Kier alpha value is -0.730. The van der Waals surface area contributed by atoms with Gasteiger partial charge in [0.2, 0.25) is 0 Å². The van der Waals surface area contributed by atoms with Crippen molar-refractivity contribution in [1.82, 2.24) is 4.90 Å². The van der Waals surface area contributed by atoms with E-state index in [1.165, 1.54) is 19.5 Å². The Kier molecular flexibility index (Phi) is 4.75. The normalized spacial score (nSPS) is 20.7. The summed E-state index contributed by atoms with van der Waals surface area (Å²) in [5, 5.41) is 4.24. The van der Waals surface area contributed by atoms with E-state index in [1.807, 2.05) is 24.3 Å². The van der Waals surface area contributed by atoms with Crippen molar-refractivity contribution in [3.05, 3.63) is 29.3 Å². The third-order valence-corrected chi connectivity index (χ3v) is 4.35. The van der Waals surface area contributed by atoms with Crippen molar-refractivity contribution >= 4 is 17.3 Å². The third kappa shape index (κ3) is 4.39. The molecule has 1 N–H and O–H groups in total. The van der Waals surface area contributed by atoms with E-state index in [4.69, 9.17) is 11.6 Å². The number of halogens is 1. The molecular weight excluding hydrogens is 256 g/mol. The Morgan fingerprint density at radius 2 is 1.95 bits per heavy atom. The van der Waals surface area contributed by atoms with Gasteiger partial charge in [0.25, 0.3) is 0 Å². The molecule has 1 atom stereocenters. The SMILES string of the molecule is CC(C)(C)C1CCN(CCNc2ccc(Cl)cc2)C1. The molecule has 0 radical (unpaired) electrons. The van der Waals surface area contributed by atoms with Gasteiger partial charge in [0.1, 0.15) is 0 Å². The first-order valence-electron chi connectivity index (χ1n) is 7.17. The van der Waals surface area contributed by atoms with Crippen LogP contribution in [0, 0.1) is 11.3 Å². The lowest BCUT2D eigenvalue weighted by molar-refractivity contribution is 0.232. The van der Waals surface area contributed by atoms with Gasteiger partial charge in [0.15, 0.2) is 0 Å². The van der Waals surface area contributed by atoms with Crippen LogP contribution in [0.4, 0.5) is 5.69 Å². The van der Waals surface area contributed by atoms with Gasteiger partial charge >= 0.3 is 0 Å². The van der Waals surface area contributed by atoms with E-state index >= 15 is 0 Å². The molecule has 1 aromatic rings. The minimum atomic E-state index is 0.443. The topological polar surface area (TPSA) is 15.3 Å². The van der Waals surface area contributed by atoms with Crippen LogP contribution in [0.2, 0.25) is 5.02 Å². The molecule has 2 rings (SSSR count). The molecule has 3 heteroatoms. The molecule has 1 aromatic carbocycles. The smallest absolute Gasteiger partial charge is 0.0407 e. The number of nitrogens with one attached hydrogen (secondary N) is 1. The van der Waals surface area contributed by atoms with Crippen LogP contribution in [0.25, 0.3) is 0 Å². The van der Waals surface area contributed by atoms with Crippen molar-refractivity contribution in [2.75, 3.05) is 31.5 Å². The van der Waals surface area contributed by atoms with Gasteiger partial charge in [-0.1, -0.05) is 32.4 Å². The Morgan fingerprint density at radius 3 is 2.53 bits per heavy atom. The summed E-state index contributed by atoms with van der Waals surface area (Å²) in [4.78, 5) is 2.57. The molecule has 0 saturated carbocycles. The summed E-state index contributed by atoms with van der Waals surface area (Å²) >= 11 is 5.87. The monoisotopic (exact) mass is 280 g/mol. The average molecular weight is 281 g/mol. The Balaban J connectivity index is 1.71. The number of benzene rings is 1. The van der Waals surface area contributed by atoms with Crippen LogP contribution in [-0.2, 0) is 0 Å². The molecule has 106 valence electrons. The number of rotatable bonds is 4. The summed E-state index contributed by atoms with van der Waals surface area (Å²) in [7, 11) is 0. The molecule has 1 saturated heterocycles. The second kappa shape index (κ2) is 6.15. The zero-order valence-electron chi connectivity index (χ0n) is 12.2. The molecule has 1 heterocycles.